The maximum Gasteiger partial charge on any atom is 0.341 e. The first-order chi connectivity index (χ1) is 13.7. The molecule has 0 atom stereocenters. The summed E-state index contributed by atoms with van der Waals surface area (Å²) < 4.78 is 5.00. The predicted octanol–water partition coefficient (Wildman–Crippen LogP) is 3.61. The number of rotatable bonds is 6. The highest BCUT2D eigenvalue weighted by molar-refractivity contribution is 5.88. The van der Waals surface area contributed by atoms with Crippen LogP contribution in [-0.4, -0.2) is 35.6 Å². The van der Waals surface area contributed by atoms with E-state index in [0.29, 0.717) is 24.0 Å². The van der Waals surface area contributed by atoms with Gasteiger partial charge >= 0.3 is 5.97 Å². The first-order valence-corrected chi connectivity index (χ1v) is 10.3. The highest BCUT2D eigenvalue weighted by Crippen LogP contribution is 2.44. The molecule has 6 heteroatoms. The number of carbonyl (C=O) groups is 1. The van der Waals surface area contributed by atoms with Crippen LogP contribution in [0.5, 0.6) is 0 Å². The van der Waals surface area contributed by atoms with Crippen molar-refractivity contribution in [2.45, 2.75) is 50.5 Å². The summed E-state index contributed by atoms with van der Waals surface area (Å²) in [6.07, 6.45) is 8.77. The monoisotopic (exact) mass is 380 g/mol. The molecule has 1 aliphatic carbocycles. The molecule has 1 aliphatic heterocycles. The molecule has 2 aliphatic rings. The third-order valence-electron chi connectivity index (χ3n) is 5.97. The molecular weight excluding hydrogens is 352 g/mol. The second kappa shape index (κ2) is 8.27. The molecule has 2 fully saturated rings. The lowest BCUT2D eigenvalue weighted by atomic mass is 9.71. The van der Waals surface area contributed by atoms with Crippen LogP contribution >= 0.6 is 0 Å². The normalized spacial score (nSPS) is 18.9. The third-order valence-corrected chi connectivity index (χ3v) is 5.97. The average molecular weight is 380 g/mol. The molecule has 1 saturated heterocycles. The van der Waals surface area contributed by atoms with Crippen molar-refractivity contribution in [1.82, 2.24) is 15.3 Å². The van der Waals surface area contributed by atoms with Gasteiger partial charge in [0.05, 0.1) is 17.7 Å². The number of nitrogens with one attached hydrogen (secondary N) is 2. The van der Waals surface area contributed by atoms with E-state index < -0.39 is 0 Å². The Morgan fingerprint density at radius 1 is 1.25 bits per heavy atom. The zero-order valence-electron chi connectivity index (χ0n) is 16.4. The van der Waals surface area contributed by atoms with Crippen molar-refractivity contribution in [1.29, 1.82) is 0 Å². The molecule has 1 saturated carbocycles. The minimum atomic E-state index is -0.387. The summed E-state index contributed by atoms with van der Waals surface area (Å²) >= 11 is 0. The van der Waals surface area contributed by atoms with E-state index in [1.807, 2.05) is 0 Å². The van der Waals surface area contributed by atoms with Gasteiger partial charge in [0.1, 0.15) is 0 Å². The minimum absolute atomic E-state index is 0.117. The number of benzene rings is 1. The molecule has 0 bridgehead atoms. The van der Waals surface area contributed by atoms with Crippen molar-refractivity contribution in [2.24, 2.45) is 0 Å². The van der Waals surface area contributed by atoms with Crippen LogP contribution in [0, 0.1) is 0 Å². The Morgan fingerprint density at radius 3 is 2.64 bits per heavy atom. The summed E-state index contributed by atoms with van der Waals surface area (Å²) in [5, 5.41) is 6.99. The molecule has 1 aromatic carbocycles. The van der Waals surface area contributed by atoms with Crippen LogP contribution < -0.4 is 10.6 Å². The van der Waals surface area contributed by atoms with Crippen molar-refractivity contribution < 1.29 is 9.53 Å². The first kappa shape index (κ1) is 18.9. The van der Waals surface area contributed by atoms with Gasteiger partial charge in [-0.25, -0.2) is 14.8 Å². The molecule has 4 rings (SSSR count). The standard InChI is InChI=1S/C22H28N4O2/c1-2-28-20(27)18-14-24-21(25-15-18)26-22(9-4-10-22)19-6-3-5-17(13-19)16-7-11-23-12-8-16/h3,5-6,13-16,23H,2,4,7-12H2,1H3,(H,24,25,26). The number of esters is 1. The summed E-state index contributed by atoms with van der Waals surface area (Å²) in [7, 11) is 0. The highest BCUT2D eigenvalue weighted by atomic mass is 16.5. The van der Waals surface area contributed by atoms with Crippen molar-refractivity contribution in [3.63, 3.8) is 0 Å². The fourth-order valence-electron chi connectivity index (χ4n) is 4.19. The van der Waals surface area contributed by atoms with Crippen LogP contribution in [0.3, 0.4) is 0 Å². The van der Waals surface area contributed by atoms with Gasteiger partial charge in [0, 0.05) is 12.4 Å². The molecule has 0 amide bonds. The second-order valence-electron chi connectivity index (χ2n) is 7.73. The summed E-state index contributed by atoms with van der Waals surface area (Å²) in [5.41, 5.74) is 3.01. The van der Waals surface area contributed by atoms with Crippen LogP contribution in [0.15, 0.2) is 36.7 Å². The molecule has 28 heavy (non-hydrogen) atoms. The zero-order valence-corrected chi connectivity index (χ0v) is 16.4. The van der Waals surface area contributed by atoms with Crippen molar-refractivity contribution in [3.8, 4) is 0 Å². The maximum atomic E-state index is 11.8. The summed E-state index contributed by atoms with van der Waals surface area (Å²) in [5.74, 6) is 0.806. The molecule has 0 spiro atoms. The summed E-state index contributed by atoms with van der Waals surface area (Å²) in [6, 6.07) is 9.02. The van der Waals surface area contributed by atoms with Gasteiger partial charge in [0.15, 0.2) is 0 Å². The van der Waals surface area contributed by atoms with Gasteiger partial charge in [0.2, 0.25) is 5.95 Å². The maximum absolute atomic E-state index is 11.8. The Morgan fingerprint density at radius 2 is 2.00 bits per heavy atom. The lowest BCUT2D eigenvalue weighted by Crippen LogP contribution is -2.42. The Labute approximate surface area is 166 Å². The van der Waals surface area contributed by atoms with E-state index in [-0.39, 0.29) is 11.5 Å². The fraction of sp³-hybridized carbons (Fsp3) is 0.500. The number of hydrogen-bond donors (Lipinski definition) is 2. The van der Waals surface area contributed by atoms with Crippen LogP contribution in [0.25, 0.3) is 0 Å². The zero-order chi connectivity index (χ0) is 19.4. The summed E-state index contributed by atoms with van der Waals surface area (Å²) in [4.78, 5) is 20.5. The Balaban J connectivity index is 1.52. The third kappa shape index (κ3) is 3.87. The van der Waals surface area contributed by atoms with Gasteiger partial charge in [0.25, 0.3) is 0 Å². The van der Waals surface area contributed by atoms with Gasteiger partial charge in [-0.3, -0.25) is 0 Å². The Kier molecular flexibility index (Phi) is 5.57. The van der Waals surface area contributed by atoms with Crippen molar-refractivity contribution in [2.75, 3.05) is 25.0 Å². The number of nitrogens with zero attached hydrogens (tertiary/aromatic N) is 2. The topological polar surface area (TPSA) is 76.1 Å². The molecule has 148 valence electrons. The molecule has 0 radical (unpaired) electrons. The van der Waals surface area contributed by atoms with Crippen molar-refractivity contribution >= 4 is 11.9 Å². The van der Waals surface area contributed by atoms with E-state index in [1.165, 1.54) is 42.8 Å². The van der Waals surface area contributed by atoms with Gasteiger partial charge < -0.3 is 15.4 Å². The lowest BCUT2D eigenvalue weighted by Gasteiger charge is -2.43. The van der Waals surface area contributed by atoms with Gasteiger partial charge in [-0.1, -0.05) is 24.3 Å². The number of anilines is 1. The molecule has 6 nitrogen and oxygen atoms in total. The van der Waals surface area contributed by atoms with Gasteiger partial charge in [-0.15, -0.1) is 0 Å². The minimum Gasteiger partial charge on any atom is -0.462 e. The predicted molar refractivity (Wildman–Crippen MR) is 108 cm³/mol. The van der Waals surface area contributed by atoms with E-state index in [1.54, 1.807) is 6.92 Å². The van der Waals surface area contributed by atoms with E-state index >= 15 is 0 Å². The molecule has 2 N–H and O–H groups in total. The molecule has 2 heterocycles. The van der Waals surface area contributed by atoms with E-state index in [2.05, 4.69) is 44.9 Å². The second-order valence-corrected chi connectivity index (χ2v) is 7.73. The number of ether oxygens (including phenoxy) is 1. The number of piperidine rings is 1. The van der Waals surface area contributed by atoms with Gasteiger partial charge in [-0.05, 0) is 69.2 Å². The molecular formula is C22H28N4O2. The van der Waals surface area contributed by atoms with E-state index in [4.69, 9.17) is 4.74 Å². The van der Waals surface area contributed by atoms with Crippen molar-refractivity contribution in [3.05, 3.63) is 53.3 Å². The van der Waals surface area contributed by atoms with Crippen LogP contribution in [-0.2, 0) is 10.3 Å². The Bertz CT molecular complexity index is 812. The fourth-order valence-corrected chi connectivity index (χ4v) is 4.19. The van der Waals surface area contributed by atoms with E-state index in [9.17, 15) is 4.79 Å². The van der Waals surface area contributed by atoms with Crippen LogP contribution in [0.4, 0.5) is 5.95 Å². The van der Waals surface area contributed by atoms with Crippen LogP contribution in [0.2, 0.25) is 0 Å². The first-order valence-electron chi connectivity index (χ1n) is 10.3. The molecule has 1 aromatic heterocycles. The SMILES string of the molecule is CCOC(=O)c1cnc(NC2(c3cccc(C4CCNCC4)c3)CCC2)nc1. The number of carbonyl (C=O) groups excluding carboxylic acids is 1. The number of aromatic nitrogens is 2. The van der Waals surface area contributed by atoms with Gasteiger partial charge in [-0.2, -0.15) is 0 Å². The smallest absolute Gasteiger partial charge is 0.341 e. The largest absolute Gasteiger partial charge is 0.462 e. The lowest BCUT2D eigenvalue weighted by molar-refractivity contribution is 0.0525. The molecule has 2 aromatic rings. The van der Waals surface area contributed by atoms with E-state index in [0.717, 1.165) is 25.9 Å². The number of hydrogen-bond acceptors (Lipinski definition) is 6. The quantitative estimate of drug-likeness (QED) is 0.746. The Hall–Kier alpha value is -2.47. The molecule has 0 unspecified atom stereocenters. The summed E-state index contributed by atoms with van der Waals surface area (Å²) in [6.45, 7) is 4.32. The highest BCUT2D eigenvalue weighted by Gasteiger charge is 2.39. The van der Waals surface area contributed by atoms with Crippen LogP contribution in [0.1, 0.15) is 66.4 Å². The average Bonchev–Trinajstić information content (AvgIpc) is 2.72.